The average Bonchev–Trinajstić information content (AvgIpc) is 3.51. The maximum atomic E-state index is 6.30. The van der Waals surface area contributed by atoms with E-state index < -0.39 is 0 Å². The lowest BCUT2D eigenvalue weighted by Gasteiger charge is -2.28. The number of anilines is 3. The summed E-state index contributed by atoms with van der Waals surface area (Å²) in [6.45, 7) is 6.79. The number of furan rings is 1. The molecule has 2 heteroatoms. The van der Waals surface area contributed by atoms with E-state index in [4.69, 9.17) is 4.42 Å². The van der Waals surface area contributed by atoms with Gasteiger partial charge in [0.25, 0.3) is 0 Å². The molecule has 10 rings (SSSR count). The van der Waals surface area contributed by atoms with Crippen LogP contribution < -0.4 is 4.90 Å². The molecular formula is C48H35NO. The first-order valence-corrected chi connectivity index (χ1v) is 17.4. The van der Waals surface area contributed by atoms with Crippen LogP contribution in [-0.2, 0) is 5.41 Å². The highest BCUT2D eigenvalue weighted by atomic mass is 16.3. The van der Waals surface area contributed by atoms with Crippen molar-refractivity contribution in [2.75, 3.05) is 4.90 Å². The van der Waals surface area contributed by atoms with Gasteiger partial charge in [-0.15, -0.1) is 0 Å². The Kier molecular flexibility index (Phi) is 6.17. The van der Waals surface area contributed by atoms with E-state index in [0.717, 1.165) is 39.0 Å². The standard InChI is InChI=1S/C48H35NO/c1-48(2,3)36-18-15-30(16-19-36)31-13-14-32-25-42-44(27-34(32)23-31)43-26-33-17-20-38(24-35(33)28-45(42)43)49(37-9-5-4-6-10-37)39-21-22-41-40-11-7-8-12-46(40)50-47(41)29-39/h4-29H,1-3H3. The number of fused-ring (bicyclic) bond motifs is 9. The Morgan fingerprint density at radius 3 is 1.68 bits per heavy atom. The molecule has 0 unspecified atom stereocenters. The maximum Gasteiger partial charge on any atom is 0.137 e. The molecule has 0 saturated carbocycles. The zero-order valence-electron chi connectivity index (χ0n) is 28.4. The normalized spacial score (nSPS) is 12.3. The second-order valence-corrected chi connectivity index (χ2v) is 14.7. The fourth-order valence-corrected chi connectivity index (χ4v) is 7.77. The fourth-order valence-electron chi connectivity index (χ4n) is 7.77. The summed E-state index contributed by atoms with van der Waals surface area (Å²) in [4.78, 5) is 2.32. The molecule has 0 fully saturated rings. The molecule has 0 amide bonds. The number of rotatable bonds is 4. The molecule has 9 aromatic rings. The van der Waals surface area contributed by atoms with Crippen LogP contribution in [0.3, 0.4) is 0 Å². The third-order valence-electron chi connectivity index (χ3n) is 10.5. The van der Waals surface area contributed by atoms with Crippen LogP contribution in [0.1, 0.15) is 26.3 Å². The average molecular weight is 642 g/mol. The highest BCUT2D eigenvalue weighted by molar-refractivity contribution is 6.12. The molecule has 238 valence electrons. The van der Waals surface area contributed by atoms with Crippen molar-refractivity contribution in [2.24, 2.45) is 0 Å². The topological polar surface area (TPSA) is 16.4 Å². The van der Waals surface area contributed by atoms with Gasteiger partial charge in [0.1, 0.15) is 11.2 Å². The van der Waals surface area contributed by atoms with Crippen LogP contribution in [0.2, 0.25) is 0 Å². The van der Waals surface area contributed by atoms with Gasteiger partial charge in [-0.1, -0.05) is 99.6 Å². The molecule has 1 aliphatic rings. The molecule has 1 heterocycles. The number of hydrogen-bond acceptors (Lipinski definition) is 2. The molecule has 0 bridgehead atoms. The van der Waals surface area contributed by atoms with Crippen molar-refractivity contribution in [3.8, 4) is 33.4 Å². The van der Waals surface area contributed by atoms with Gasteiger partial charge in [0.05, 0.1) is 0 Å². The van der Waals surface area contributed by atoms with Gasteiger partial charge in [-0.3, -0.25) is 0 Å². The SMILES string of the molecule is CC(C)(C)c1ccc(-c2ccc3cc4c(cc3c2)-c2cc3ccc(N(c5ccccc5)c5ccc6c(c5)oc5ccccc56)cc3cc2-4)cc1. The zero-order valence-corrected chi connectivity index (χ0v) is 28.4. The van der Waals surface area contributed by atoms with Crippen molar-refractivity contribution < 1.29 is 4.42 Å². The van der Waals surface area contributed by atoms with Crippen molar-refractivity contribution in [1.82, 2.24) is 0 Å². The number of benzene rings is 8. The molecule has 0 atom stereocenters. The minimum atomic E-state index is 0.149. The molecule has 0 N–H and O–H groups in total. The Bertz CT molecular complexity index is 2780. The highest BCUT2D eigenvalue weighted by Crippen LogP contribution is 2.51. The van der Waals surface area contributed by atoms with Crippen molar-refractivity contribution in [3.63, 3.8) is 0 Å². The van der Waals surface area contributed by atoms with Crippen molar-refractivity contribution in [2.45, 2.75) is 26.2 Å². The Balaban J connectivity index is 1.03. The zero-order chi connectivity index (χ0) is 33.6. The molecule has 2 nitrogen and oxygen atoms in total. The number of hydrogen-bond donors (Lipinski definition) is 0. The van der Waals surface area contributed by atoms with Crippen LogP contribution in [-0.4, -0.2) is 0 Å². The summed E-state index contributed by atoms with van der Waals surface area (Å²) in [6, 6.07) is 57.6. The van der Waals surface area contributed by atoms with Gasteiger partial charge in [0.2, 0.25) is 0 Å². The summed E-state index contributed by atoms with van der Waals surface area (Å²) in [7, 11) is 0. The molecule has 0 radical (unpaired) electrons. The third-order valence-corrected chi connectivity index (χ3v) is 10.5. The summed E-state index contributed by atoms with van der Waals surface area (Å²) in [5.74, 6) is 0. The first-order chi connectivity index (χ1) is 24.4. The van der Waals surface area contributed by atoms with E-state index in [-0.39, 0.29) is 5.41 Å². The number of nitrogens with zero attached hydrogens (tertiary/aromatic N) is 1. The van der Waals surface area contributed by atoms with Crippen LogP contribution >= 0.6 is 0 Å². The molecule has 0 aliphatic heterocycles. The lowest BCUT2D eigenvalue weighted by Crippen LogP contribution is -2.10. The summed E-state index contributed by atoms with van der Waals surface area (Å²) in [5, 5.41) is 7.30. The lowest BCUT2D eigenvalue weighted by molar-refractivity contribution is 0.590. The van der Waals surface area contributed by atoms with Gasteiger partial charge in [-0.25, -0.2) is 0 Å². The molecule has 50 heavy (non-hydrogen) atoms. The second kappa shape index (κ2) is 10.7. The van der Waals surface area contributed by atoms with Crippen molar-refractivity contribution in [3.05, 3.63) is 163 Å². The van der Waals surface area contributed by atoms with Crippen LogP contribution in [0.5, 0.6) is 0 Å². The van der Waals surface area contributed by atoms with Crippen molar-refractivity contribution >= 4 is 60.5 Å². The van der Waals surface area contributed by atoms with E-state index in [0.29, 0.717) is 0 Å². The summed E-state index contributed by atoms with van der Waals surface area (Å²) in [6.07, 6.45) is 0. The molecule has 8 aromatic carbocycles. The predicted octanol–water partition coefficient (Wildman–Crippen LogP) is 14.0. The fraction of sp³-hybridized carbons (Fsp3) is 0.0833. The van der Waals surface area contributed by atoms with Crippen LogP contribution in [0, 0.1) is 0 Å². The predicted molar refractivity (Wildman–Crippen MR) is 212 cm³/mol. The minimum absolute atomic E-state index is 0.149. The van der Waals surface area contributed by atoms with Crippen molar-refractivity contribution in [1.29, 1.82) is 0 Å². The van der Waals surface area contributed by atoms with E-state index in [9.17, 15) is 0 Å². The van der Waals surface area contributed by atoms with E-state index in [2.05, 4.69) is 171 Å². The van der Waals surface area contributed by atoms with E-state index >= 15 is 0 Å². The molecule has 1 aliphatic carbocycles. The summed E-state index contributed by atoms with van der Waals surface area (Å²) in [5.41, 5.74) is 14.4. The summed E-state index contributed by atoms with van der Waals surface area (Å²) >= 11 is 0. The Morgan fingerprint density at radius 2 is 0.960 bits per heavy atom. The van der Waals surface area contributed by atoms with Gasteiger partial charge in [0, 0.05) is 33.9 Å². The van der Waals surface area contributed by atoms with Crippen LogP contribution in [0.15, 0.2) is 162 Å². The van der Waals surface area contributed by atoms with Gasteiger partial charge >= 0.3 is 0 Å². The van der Waals surface area contributed by atoms with E-state index in [1.165, 1.54) is 60.5 Å². The molecule has 1 aromatic heterocycles. The summed E-state index contributed by atoms with van der Waals surface area (Å²) < 4.78 is 6.30. The second-order valence-electron chi connectivity index (χ2n) is 14.7. The maximum absolute atomic E-state index is 6.30. The quantitative estimate of drug-likeness (QED) is 0.190. The largest absolute Gasteiger partial charge is 0.456 e. The molecule has 0 spiro atoms. The van der Waals surface area contributed by atoms with E-state index in [1.807, 2.05) is 12.1 Å². The van der Waals surface area contributed by atoms with Gasteiger partial charge in [-0.2, -0.15) is 0 Å². The number of para-hydroxylation sites is 2. The first kappa shape index (κ1) is 28.9. The first-order valence-electron chi connectivity index (χ1n) is 17.4. The van der Waals surface area contributed by atoms with Gasteiger partial charge in [-0.05, 0) is 139 Å². The Hall–Kier alpha value is -6.12. The van der Waals surface area contributed by atoms with Crippen LogP contribution in [0.4, 0.5) is 17.1 Å². The van der Waals surface area contributed by atoms with Crippen LogP contribution in [0.25, 0.3) is 76.9 Å². The Morgan fingerprint density at radius 1 is 0.400 bits per heavy atom. The lowest BCUT2D eigenvalue weighted by atomic mass is 9.77. The van der Waals surface area contributed by atoms with Gasteiger partial charge in [0.15, 0.2) is 0 Å². The molecular weight excluding hydrogens is 607 g/mol. The molecule has 0 saturated heterocycles. The smallest absolute Gasteiger partial charge is 0.137 e. The monoisotopic (exact) mass is 641 g/mol. The minimum Gasteiger partial charge on any atom is -0.456 e. The van der Waals surface area contributed by atoms with Gasteiger partial charge < -0.3 is 9.32 Å². The third kappa shape index (κ3) is 4.56. The Labute approximate surface area is 291 Å². The van der Waals surface area contributed by atoms with E-state index in [1.54, 1.807) is 0 Å². The highest BCUT2D eigenvalue weighted by Gasteiger charge is 2.24.